The van der Waals surface area contributed by atoms with E-state index in [4.69, 9.17) is 14.2 Å². The van der Waals surface area contributed by atoms with Crippen molar-refractivity contribution in [3.05, 3.63) is 12.7 Å². The van der Waals surface area contributed by atoms with Gasteiger partial charge in [0, 0.05) is 0 Å². The molecule has 16 heavy (non-hydrogen) atoms. The fourth-order valence-electron chi connectivity index (χ4n) is 2.14. The molecule has 0 aliphatic carbocycles. The summed E-state index contributed by atoms with van der Waals surface area (Å²) in [4.78, 5) is 0. The monoisotopic (exact) mass is 230 g/mol. The maximum Gasteiger partial charge on any atom is 0.190 e. The van der Waals surface area contributed by atoms with Crippen molar-refractivity contribution in [2.75, 3.05) is 0 Å². The van der Waals surface area contributed by atoms with Gasteiger partial charge in [0.2, 0.25) is 0 Å². The lowest BCUT2D eigenvalue weighted by Crippen LogP contribution is -2.40. The second-order valence-corrected chi connectivity index (χ2v) is 4.65. The van der Waals surface area contributed by atoms with E-state index < -0.39 is 36.5 Å². The lowest BCUT2D eigenvalue weighted by Gasteiger charge is -2.25. The lowest BCUT2D eigenvalue weighted by atomic mass is 10.0. The Morgan fingerprint density at radius 3 is 2.69 bits per heavy atom. The van der Waals surface area contributed by atoms with E-state index in [0.717, 1.165) is 0 Å². The Morgan fingerprint density at radius 2 is 2.12 bits per heavy atom. The maximum atomic E-state index is 9.96. The lowest BCUT2D eigenvalue weighted by molar-refractivity contribution is -0.225. The summed E-state index contributed by atoms with van der Waals surface area (Å²) in [5.74, 6) is -0.745. The molecular formula is C11H18O5. The first-order valence-electron chi connectivity index (χ1n) is 5.43. The second-order valence-electron chi connectivity index (χ2n) is 4.65. The molecule has 5 heteroatoms. The first kappa shape index (κ1) is 12.0. The van der Waals surface area contributed by atoms with Crippen molar-refractivity contribution in [3.8, 4) is 0 Å². The largest absolute Gasteiger partial charge is 0.390 e. The number of hydrogen-bond acceptors (Lipinski definition) is 5. The first-order chi connectivity index (χ1) is 7.44. The summed E-state index contributed by atoms with van der Waals surface area (Å²) >= 11 is 0. The summed E-state index contributed by atoms with van der Waals surface area (Å²) in [6, 6.07) is 0. The number of ether oxygens (including phenoxy) is 3. The molecule has 2 saturated heterocycles. The Kier molecular flexibility index (Phi) is 3.07. The highest BCUT2D eigenvalue weighted by atomic mass is 16.8. The van der Waals surface area contributed by atoms with Crippen LogP contribution in [-0.2, 0) is 14.2 Å². The quantitative estimate of drug-likeness (QED) is 0.676. The molecule has 2 heterocycles. The molecule has 0 radical (unpaired) electrons. The molecule has 5 atom stereocenters. The Bertz CT molecular complexity index is 278. The number of aliphatic hydroxyl groups excluding tert-OH is 2. The van der Waals surface area contributed by atoms with Gasteiger partial charge in [0.05, 0.1) is 6.10 Å². The van der Waals surface area contributed by atoms with Crippen molar-refractivity contribution in [1.82, 2.24) is 0 Å². The van der Waals surface area contributed by atoms with Crippen molar-refractivity contribution in [2.24, 2.45) is 0 Å². The standard InChI is InChI=1S/C11H18O5/c1-4-5-6(12)8-7(13)9-10(14-8)16-11(2,3)15-9/h4,6-10,12-13H,1,5H2,2-3H3/t6?,7-,8-,9+,10+/m1/s1. The molecule has 2 N–H and O–H groups in total. The zero-order valence-corrected chi connectivity index (χ0v) is 9.50. The summed E-state index contributed by atoms with van der Waals surface area (Å²) in [7, 11) is 0. The highest BCUT2D eigenvalue weighted by molar-refractivity contribution is 4.96. The maximum absolute atomic E-state index is 9.96. The average molecular weight is 230 g/mol. The summed E-state index contributed by atoms with van der Waals surface area (Å²) in [6.45, 7) is 7.05. The van der Waals surface area contributed by atoms with Gasteiger partial charge in [0.15, 0.2) is 12.1 Å². The van der Waals surface area contributed by atoms with Crippen LogP contribution in [0.1, 0.15) is 20.3 Å². The highest BCUT2D eigenvalue weighted by Gasteiger charge is 2.55. The summed E-state index contributed by atoms with van der Waals surface area (Å²) < 4.78 is 16.4. The van der Waals surface area contributed by atoms with Crippen molar-refractivity contribution in [2.45, 2.75) is 56.8 Å². The molecule has 0 spiro atoms. The Hall–Kier alpha value is -0.460. The molecule has 0 bridgehead atoms. The minimum atomic E-state index is -0.873. The number of hydrogen-bond donors (Lipinski definition) is 2. The zero-order valence-electron chi connectivity index (χ0n) is 9.50. The van der Waals surface area contributed by atoms with Crippen molar-refractivity contribution >= 4 is 0 Å². The van der Waals surface area contributed by atoms with Gasteiger partial charge in [-0.15, -0.1) is 6.58 Å². The van der Waals surface area contributed by atoms with Gasteiger partial charge in [-0.2, -0.15) is 0 Å². The van der Waals surface area contributed by atoms with Crippen LogP contribution >= 0.6 is 0 Å². The smallest absolute Gasteiger partial charge is 0.190 e. The highest BCUT2D eigenvalue weighted by Crippen LogP contribution is 2.38. The van der Waals surface area contributed by atoms with Crippen LogP contribution in [0.25, 0.3) is 0 Å². The fraction of sp³-hybridized carbons (Fsp3) is 0.818. The van der Waals surface area contributed by atoms with Crippen LogP contribution < -0.4 is 0 Å². The third-order valence-electron chi connectivity index (χ3n) is 2.84. The van der Waals surface area contributed by atoms with Crippen LogP contribution in [0.3, 0.4) is 0 Å². The Morgan fingerprint density at radius 1 is 1.44 bits per heavy atom. The molecule has 2 fully saturated rings. The molecule has 0 aromatic rings. The van der Waals surface area contributed by atoms with E-state index in [2.05, 4.69) is 6.58 Å². The van der Waals surface area contributed by atoms with E-state index in [9.17, 15) is 10.2 Å². The second kappa shape index (κ2) is 4.09. The van der Waals surface area contributed by atoms with E-state index in [-0.39, 0.29) is 0 Å². The minimum Gasteiger partial charge on any atom is -0.390 e. The predicted octanol–water partition coefficient (Wildman–Crippen LogP) is 0.161. The van der Waals surface area contributed by atoms with E-state index >= 15 is 0 Å². The van der Waals surface area contributed by atoms with Crippen molar-refractivity contribution in [3.63, 3.8) is 0 Å². The van der Waals surface area contributed by atoms with Gasteiger partial charge in [0.1, 0.15) is 18.3 Å². The molecule has 2 aliphatic heterocycles. The predicted molar refractivity (Wildman–Crippen MR) is 55.5 cm³/mol. The summed E-state index contributed by atoms with van der Waals surface area (Å²) in [5.41, 5.74) is 0. The number of aliphatic hydroxyl groups is 2. The van der Waals surface area contributed by atoms with Crippen LogP contribution in [-0.4, -0.2) is 46.7 Å². The van der Waals surface area contributed by atoms with Crippen LogP contribution in [0.2, 0.25) is 0 Å². The van der Waals surface area contributed by atoms with Crippen LogP contribution in [0.4, 0.5) is 0 Å². The minimum absolute atomic E-state index is 0.366. The van der Waals surface area contributed by atoms with Crippen molar-refractivity contribution in [1.29, 1.82) is 0 Å². The molecule has 0 saturated carbocycles. The van der Waals surface area contributed by atoms with Gasteiger partial charge in [-0.3, -0.25) is 0 Å². The third kappa shape index (κ3) is 2.01. The molecule has 0 aromatic carbocycles. The van der Waals surface area contributed by atoms with Gasteiger partial charge in [0.25, 0.3) is 0 Å². The van der Waals surface area contributed by atoms with Crippen LogP contribution in [0, 0.1) is 0 Å². The van der Waals surface area contributed by atoms with Gasteiger partial charge in [-0.1, -0.05) is 6.08 Å². The van der Waals surface area contributed by atoms with E-state index in [1.165, 1.54) is 0 Å². The molecule has 2 aliphatic rings. The third-order valence-corrected chi connectivity index (χ3v) is 2.84. The van der Waals surface area contributed by atoms with Crippen molar-refractivity contribution < 1.29 is 24.4 Å². The van der Waals surface area contributed by atoms with E-state index in [0.29, 0.717) is 6.42 Å². The van der Waals surface area contributed by atoms with Gasteiger partial charge < -0.3 is 24.4 Å². The van der Waals surface area contributed by atoms with Gasteiger partial charge in [-0.05, 0) is 20.3 Å². The fourth-order valence-corrected chi connectivity index (χ4v) is 2.14. The number of rotatable bonds is 3. The molecule has 0 aromatic heterocycles. The summed E-state index contributed by atoms with van der Waals surface area (Å²) in [5, 5.41) is 19.7. The Balaban J connectivity index is 2.02. The Labute approximate surface area is 94.6 Å². The molecule has 5 nitrogen and oxygen atoms in total. The molecule has 2 rings (SSSR count). The van der Waals surface area contributed by atoms with Gasteiger partial charge in [-0.25, -0.2) is 0 Å². The summed E-state index contributed by atoms with van der Waals surface area (Å²) in [6.07, 6.45) is -1.52. The first-order valence-corrected chi connectivity index (χ1v) is 5.43. The van der Waals surface area contributed by atoms with Crippen LogP contribution in [0.5, 0.6) is 0 Å². The topological polar surface area (TPSA) is 68.2 Å². The van der Waals surface area contributed by atoms with E-state index in [1.807, 2.05) is 0 Å². The molecular weight excluding hydrogens is 212 g/mol. The van der Waals surface area contributed by atoms with Crippen LogP contribution in [0.15, 0.2) is 12.7 Å². The zero-order chi connectivity index (χ0) is 11.9. The average Bonchev–Trinajstić information content (AvgIpc) is 2.62. The molecule has 0 amide bonds. The SMILES string of the molecule is C=CCC(O)[C@H]1O[C@H]2OC(C)(C)O[C@H]2[C@@H]1O. The van der Waals surface area contributed by atoms with E-state index in [1.54, 1.807) is 19.9 Å². The molecule has 92 valence electrons. The normalized spacial score (nSPS) is 43.0. The molecule has 1 unspecified atom stereocenters. The van der Waals surface area contributed by atoms with Gasteiger partial charge >= 0.3 is 0 Å². The number of fused-ring (bicyclic) bond motifs is 1.